The van der Waals surface area contributed by atoms with Crippen LogP contribution in [0, 0.1) is 0 Å². The van der Waals surface area contributed by atoms with Crippen molar-refractivity contribution in [3.8, 4) is 5.75 Å². The minimum atomic E-state index is -0.745. The predicted octanol–water partition coefficient (Wildman–Crippen LogP) is 4.80. The molecule has 3 heterocycles. The number of carbonyl (C=O) groups is 1. The molecule has 3 aliphatic rings. The molecule has 1 aromatic rings. The molecule has 1 amide bonds. The number of aliphatic hydroxyl groups excluding tert-OH is 1. The zero-order valence-electron chi connectivity index (χ0n) is 22.0. The van der Waals surface area contributed by atoms with Crippen LogP contribution in [0.3, 0.4) is 0 Å². The number of piperidine rings is 2. The normalized spacial score (nSPS) is 22.1. The van der Waals surface area contributed by atoms with Crippen molar-refractivity contribution in [2.45, 2.75) is 96.4 Å². The van der Waals surface area contributed by atoms with E-state index in [-0.39, 0.29) is 12.1 Å². The van der Waals surface area contributed by atoms with E-state index in [1.54, 1.807) is 4.90 Å². The van der Waals surface area contributed by atoms with Gasteiger partial charge in [-0.2, -0.15) is 0 Å². The van der Waals surface area contributed by atoms with Gasteiger partial charge in [-0.1, -0.05) is 13.3 Å². The summed E-state index contributed by atoms with van der Waals surface area (Å²) in [5.74, 6) is 0.906. The van der Waals surface area contributed by atoms with Gasteiger partial charge in [-0.25, -0.2) is 4.79 Å². The first kappa shape index (κ1) is 26.1. The maximum absolute atomic E-state index is 13.0. The summed E-state index contributed by atoms with van der Waals surface area (Å²) in [5.41, 5.74) is 1.75. The number of hydrogen-bond donors (Lipinski definition) is 1. The van der Waals surface area contributed by atoms with E-state index >= 15 is 0 Å². The van der Waals surface area contributed by atoms with Crippen molar-refractivity contribution in [1.29, 1.82) is 0 Å². The minimum absolute atomic E-state index is 0.263. The van der Waals surface area contributed by atoms with Gasteiger partial charge in [0, 0.05) is 25.3 Å². The van der Waals surface area contributed by atoms with Crippen LogP contribution in [0.2, 0.25) is 0 Å². The van der Waals surface area contributed by atoms with Gasteiger partial charge in [0.15, 0.2) is 0 Å². The van der Waals surface area contributed by atoms with Crippen molar-refractivity contribution in [3.63, 3.8) is 0 Å². The fraction of sp³-hybridized carbons (Fsp3) is 0.750. The zero-order chi connectivity index (χ0) is 24.8. The van der Waals surface area contributed by atoms with Gasteiger partial charge in [-0.15, -0.1) is 0 Å². The van der Waals surface area contributed by atoms with Gasteiger partial charge in [0.2, 0.25) is 0 Å². The van der Waals surface area contributed by atoms with Gasteiger partial charge in [-0.05, 0) is 102 Å². The number of aliphatic hydroxyl groups is 1. The quantitative estimate of drug-likeness (QED) is 0.505. The number of rotatable bonds is 9. The molecule has 1 N–H and O–H groups in total. The summed E-state index contributed by atoms with van der Waals surface area (Å²) in [5, 5.41) is 11.4. The van der Waals surface area contributed by atoms with E-state index in [0.717, 1.165) is 69.7 Å². The third-order valence-electron chi connectivity index (χ3n) is 7.98. The average Bonchev–Trinajstić information content (AvgIpc) is 3.30. The van der Waals surface area contributed by atoms with Gasteiger partial charge >= 0.3 is 6.09 Å². The lowest BCUT2D eigenvalue weighted by atomic mass is 10.00. The molecule has 7 heteroatoms. The van der Waals surface area contributed by atoms with Crippen LogP contribution in [0.5, 0.6) is 5.75 Å². The summed E-state index contributed by atoms with van der Waals surface area (Å²) in [6.45, 7) is 11.6. The van der Waals surface area contributed by atoms with E-state index in [1.165, 1.54) is 37.9 Å². The molecule has 0 spiro atoms. The standard InChI is InChI=1S/C28H45N3O4/c1-4-28(2,3)35-27(33)31-18-9-6-11-25(31)26(32)30-19-14-22-21-23(12-13-24(22)30)34-20-10-17-29-15-7-5-8-16-29/h12-13,21,25-26,32H,4-11,14-20H2,1-3H3/t25-,26?/m1/s1. The van der Waals surface area contributed by atoms with Crippen molar-refractivity contribution >= 4 is 11.8 Å². The molecular weight excluding hydrogens is 442 g/mol. The number of likely N-dealkylation sites (tertiary alicyclic amines) is 2. The molecule has 2 atom stereocenters. The number of hydrogen-bond acceptors (Lipinski definition) is 6. The van der Waals surface area contributed by atoms with Crippen molar-refractivity contribution in [1.82, 2.24) is 9.80 Å². The van der Waals surface area contributed by atoms with Gasteiger partial charge < -0.3 is 29.3 Å². The van der Waals surface area contributed by atoms with Crippen molar-refractivity contribution in [2.75, 3.05) is 44.2 Å². The molecule has 2 fully saturated rings. The highest BCUT2D eigenvalue weighted by Gasteiger charge is 2.39. The van der Waals surface area contributed by atoms with E-state index in [4.69, 9.17) is 9.47 Å². The maximum Gasteiger partial charge on any atom is 0.410 e. The van der Waals surface area contributed by atoms with Crippen LogP contribution in [-0.4, -0.2) is 78.2 Å². The predicted molar refractivity (Wildman–Crippen MR) is 139 cm³/mol. The number of fused-ring (bicyclic) bond motifs is 1. The smallest absolute Gasteiger partial charge is 0.410 e. The molecular formula is C28H45N3O4. The Bertz CT molecular complexity index is 839. The molecule has 196 valence electrons. The van der Waals surface area contributed by atoms with Gasteiger partial charge in [-0.3, -0.25) is 0 Å². The molecule has 4 rings (SSSR count). The minimum Gasteiger partial charge on any atom is -0.494 e. The first-order valence-corrected chi connectivity index (χ1v) is 13.8. The van der Waals surface area contributed by atoms with Crippen molar-refractivity contribution < 1.29 is 19.4 Å². The Morgan fingerprint density at radius 3 is 2.66 bits per heavy atom. The van der Waals surface area contributed by atoms with Crippen molar-refractivity contribution in [3.05, 3.63) is 23.8 Å². The molecule has 0 aliphatic carbocycles. The molecule has 3 aliphatic heterocycles. The Balaban J connectivity index is 1.34. The summed E-state index contributed by atoms with van der Waals surface area (Å²) >= 11 is 0. The van der Waals surface area contributed by atoms with E-state index in [1.807, 2.05) is 26.8 Å². The molecule has 35 heavy (non-hydrogen) atoms. The number of ether oxygens (including phenoxy) is 2. The summed E-state index contributed by atoms with van der Waals surface area (Å²) in [6.07, 6.45) is 8.37. The second-order valence-corrected chi connectivity index (χ2v) is 11.0. The molecule has 0 aromatic heterocycles. The highest BCUT2D eigenvalue weighted by atomic mass is 16.6. The topological polar surface area (TPSA) is 65.5 Å². The van der Waals surface area contributed by atoms with Crippen LogP contribution < -0.4 is 9.64 Å². The molecule has 1 unspecified atom stereocenters. The van der Waals surface area contributed by atoms with Gasteiger partial charge in [0.05, 0.1) is 12.6 Å². The molecule has 2 saturated heterocycles. The Hall–Kier alpha value is -1.99. The number of carbonyl (C=O) groups excluding carboxylic acids is 1. The fourth-order valence-corrected chi connectivity index (χ4v) is 5.50. The van der Waals surface area contributed by atoms with Crippen LogP contribution in [0.1, 0.15) is 77.7 Å². The number of anilines is 1. The van der Waals surface area contributed by atoms with Crippen LogP contribution >= 0.6 is 0 Å². The highest BCUT2D eigenvalue weighted by molar-refractivity contribution is 5.69. The lowest BCUT2D eigenvalue weighted by molar-refractivity contribution is -0.0239. The average molecular weight is 488 g/mol. The van der Waals surface area contributed by atoms with Crippen LogP contribution in [0.4, 0.5) is 10.5 Å². The number of amides is 1. The molecule has 1 aromatic carbocycles. The fourth-order valence-electron chi connectivity index (χ4n) is 5.50. The third-order valence-corrected chi connectivity index (χ3v) is 7.98. The van der Waals surface area contributed by atoms with E-state index in [9.17, 15) is 9.90 Å². The monoisotopic (exact) mass is 487 g/mol. The zero-order valence-corrected chi connectivity index (χ0v) is 22.0. The summed E-state index contributed by atoms with van der Waals surface area (Å²) in [4.78, 5) is 19.3. The molecule has 7 nitrogen and oxygen atoms in total. The van der Waals surface area contributed by atoms with E-state index in [2.05, 4.69) is 21.9 Å². The Labute approximate surface area is 211 Å². The highest BCUT2D eigenvalue weighted by Crippen LogP contribution is 2.35. The SMILES string of the molecule is CCC(C)(C)OC(=O)N1CCCC[C@@H]1C(O)N1CCc2cc(OCCCN3CCCCC3)ccc21. The first-order valence-electron chi connectivity index (χ1n) is 13.8. The summed E-state index contributed by atoms with van der Waals surface area (Å²) in [7, 11) is 0. The summed E-state index contributed by atoms with van der Waals surface area (Å²) in [6, 6.07) is 5.94. The maximum atomic E-state index is 13.0. The molecule has 0 radical (unpaired) electrons. The van der Waals surface area contributed by atoms with Crippen LogP contribution in [0.25, 0.3) is 0 Å². The Morgan fingerprint density at radius 2 is 1.89 bits per heavy atom. The molecule has 0 saturated carbocycles. The number of benzene rings is 1. The van der Waals surface area contributed by atoms with Crippen molar-refractivity contribution in [2.24, 2.45) is 0 Å². The largest absolute Gasteiger partial charge is 0.494 e. The lowest BCUT2D eigenvalue weighted by Gasteiger charge is -2.42. The third kappa shape index (κ3) is 6.62. The van der Waals surface area contributed by atoms with Crippen LogP contribution in [0.15, 0.2) is 18.2 Å². The first-order chi connectivity index (χ1) is 16.9. The van der Waals surface area contributed by atoms with Gasteiger partial charge in [0.25, 0.3) is 0 Å². The molecule has 0 bridgehead atoms. The summed E-state index contributed by atoms with van der Waals surface area (Å²) < 4.78 is 11.8. The van der Waals surface area contributed by atoms with Gasteiger partial charge in [0.1, 0.15) is 17.6 Å². The lowest BCUT2D eigenvalue weighted by Crippen LogP contribution is -2.56. The van der Waals surface area contributed by atoms with Crippen LogP contribution in [-0.2, 0) is 11.2 Å². The Kier molecular flexibility index (Phi) is 8.82. The number of nitrogens with zero attached hydrogens (tertiary/aromatic N) is 3. The Morgan fingerprint density at radius 1 is 1.11 bits per heavy atom. The van der Waals surface area contributed by atoms with E-state index < -0.39 is 11.8 Å². The second kappa shape index (κ2) is 11.8. The van der Waals surface area contributed by atoms with E-state index in [0.29, 0.717) is 6.54 Å². The second-order valence-electron chi connectivity index (χ2n) is 11.0.